The number of hydrogen-bond acceptors (Lipinski definition) is 5. The Bertz CT molecular complexity index is 913. The van der Waals surface area contributed by atoms with Crippen LogP contribution >= 0.6 is 59.6 Å². The summed E-state index contributed by atoms with van der Waals surface area (Å²) in [5.74, 6) is 0.517. The molecular weight excluding hydrogens is 540 g/mol. The number of carbonyl (C=O) groups excluding carboxylic acids is 1. The minimum atomic E-state index is -0.188. The number of nitrogens with zero attached hydrogens (tertiary/aromatic N) is 1. The van der Waals surface area contributed by atoms with Crippen LogP contribution in [0.2, 0.25) is 0 Å². The Morgan fingerprint density at radius 2 is 2.04 bits per heavy atom. The van der Waals surface area contributed by atoms with Crippen LogP contribution in [0, 0.1) is 0 Å². The first kappa shape index (κ1) is 18.8. The Kier molecular flexibility index (Phi) is 6.08. The summed E-state index contributed by atoms with van der Waals surface area (Å²) < 4.78 is 13.3. The largest absolute Gasteiger partial charge is 0.493 e. The van der Waals surface area contributed by atoms with Crippen molar-refractivity contribution in [2.45, 2.75) is 5.22 Å². The number of benzene rings is 2. The van der Waals surface area contributed by atoms with E-state index in [1.807, 2.05) is 24.3 Å². The van der Waals surface area contributed by atoms with Gasteiger partial charge in [-0.25, -0.2) is 4.98 Å². The molecule has 0 spiro atoms. The first-order valence-corrected chi connectivity index (χ1v) is 10.4. The molecule has 0 aliphatic heterocycles. The zero-order valence-corrected chi connectivity index (χ0v) is 18.4. The number of rotatable bonds is 5. The highest BCUT2D eigenvalue weighted by Gasteiger charge is 2.17. The van der Waals surface area contributed by atoms with Crippen LogP contribution in [0.4, 0.5) is 5.69 Å². The van der Waals surface area contributed by atoms with Crippen molar-refractivity contribution in [2.75, 3.05) is 18.2 Å². The molecule has 1 N–H and O–H groups in total. The van der Waals surface area contributed by atoms with Crippen LogP contribution in [0.5, 0.6) is 5.75 Å². The summed E-state index contributed by atoms with van der Waals surface area (Å²) in [4.78, 5) is 16.6. The summed E-state index contributed by atoms with van der Waals surface area (Å²) in [5.41, 5.74) is 2.04. The van der Waals surface area contributed by atoms with E-state index >= 15 is 0 Å². The van der Waals surface area contributed by atoms with E-state index in [-0.39, 0.29) is 11.7 Å². The third kappa shape index (κ3) is 4.21. The molecule has 1 amide bonds. The zero-order valence-electron chi connectivity index (χ0n) is 12.8. The number of nitrogens with one attached hydrogen (secondary N) is 1. The van der Waals surface area contributed by atoms with Crippen molar-refractivity contribution in [1.82, 2.24) is 4.98 Å². The van der Waals surface area contributed by atoms with E-state index in [9.17, 15) is 4.79 Å². The lowest BCUT2D eigenvalue weighted by Crippen LogP contribution is -2.15. The van der Waals surface area contributed by atoms with E-state index in [0.717, 1.165) is 14.5 Å². The highest BCUT2D eigenvalue weighted by molar-refractivity contribution is 9.14. The van der Waals surface area contributed by atoms with Gasteiger partial charge < -0.3 is 14.5 Å². The van der Waals surface area contributed by atoms with Crippen LogP contribution in [0.1, 0.15) is 0 Å². The number of anilines is 1. The summed E-state index contributed by atoms with van der Waals surface area (Å²) >= 11 is 11.5. The van der Waals surface area contributed by atoms with Crippen LogP contribution in [0.25, 0.3) is 11.1 Å². The summed E-state index contributed by atoms with van der Waals surface area (Å²) in [6.45, 7) is 0. The molecule has 1 aromatic heterocycles. The second kappa shape index (κ2) is 8.11. The monoisotopic (exact) mass is 548 g/mol. The van der Waals surface area contributed by atoms with Gasteiger partial charge in [-0.15, -0.1) is 0 Å². The zero-order chi connectivity index (χ0) is 18.0. The Hall–Kier alpha value is -1.03. The Morgan fingerprint density at radius 3 is 2.76 bits per heavy atom. The normalized spacial score (nSPS) is 10.9. The highest BCUT2D eigenvalue weighted by Crippen LogP contribution is 2.43. The minimum Gasteiger partial charge on any atom is -0.493 e. The van der Waals surface area contributed by atoms with Crippen molar-refractivity contribution in [3.63, 3.8) is 0 Å². The smallest absolute Gasteiger partial charge is 0.257 e. The number of thioether (sulfide) groups is 1. The van der Waals surface area contributed by atoms with Crippen molar-refractivity contribution in [3.05, 3.63) is 43.7 Å². The van der Waals surface area contributed by atoms with Gasteiger partial charge in [0.1, 0.15) is 5.52 Å². The molecule has 3 aromatic rings. The van der Waals surface area contributed by atoms with Crippen molar-refractivity contribution < 1.29 is 13.9 Å². The molecule has 0 saturated carbocycles. The molecule has 0 saturated heterocycles. The van der Waals surface area contributed by atoms with Crippen LogP contribution < -0.4 is 10.1 Å². The fraction of sp³-hybridized carbons (Fsp3) is 0.125. The van der Waals surface area contributed by atoms with E-state index in [4.69, 9.17) is 9.15 Å². The van der Waals surface area contributed by atoms with Crippen molar-refractivity contribution >= 4 is 82.2 Å². The number of amides is 1. The predicted octanol–water partition coefficient (Wildman–Crippen LogP) is 5.85. The molecule has 2 aromatic carbocycles. The van der Waals surface area contributed by atoms with E-state index in [2.05, 4.69) is 58.1 Å². The Labute approximate surface area is 173 Å². The van der Waals surface area contributed by atoms with Gasteiger partial charge in [-0.3, -0.25) is 4.79 Å². The summed E-state index contributed by atoms with van der Waals surface area (Å²) in [6.07, 6.45) is 0. The standard InChI is InChI=1S/C16H11Br3N2O3S/c1-23-15-10(6-8(17)13(18)14(15)19)20-12(22)7-25-16-21-9-4-2-3-5-11(9)24-16/h2-6H,7H2,1H3,(H,20,22). The van der Waals surface area contributed by atoms with Gasteiger partial charge in [0.05, 0.1) is 23.0 Å². The molecule has 25 heavy (non-hydrogen) atoms. The van der Waals surface area contributed by atoms with Crippen LogP contribution in [-0.2, 0) is 4.79 Å². The molecule has 0 radical (unpaired) electrons. The summed E-state index contributed by atoms with van der Waals surface area (Å²) in [7, 11) is 1.54. The van der Waals surface area contributed by atoms with Crippen LogP contribution in [0.15, 0.2) is 53.4 Å². The molecule has 0 aliphatic rings. The van der Waals surface area contributed by atoms with Gasteiger partial charge in [-0.05, 0) is 66.0 Å². The number of carbonyl (C=O) groups is 1. The first-order chi connectivity index (χ1) is 12.0. The minimum absolute atomic E-state index is 0.168. The molecule has 0 bridgehead atoms. The molecule has 5 nitrogen and oxygen atoms in total. The second-order valence-corrected chi connectivity index (χ2v) is 8.22. The number of methoxy groups -OCH3 is 1. The first-order valence-electron chi connectivity index (χ1n) is 6.99. The maximum atomic E-state index is 12.3. The lowest BCUT2D eigenvalue weighted by Gasteiger charge is -2.14. The molecule has 0 fully saturated rings. The number of para-hydroxylation sites is 2. The van der Waals surface area contributed by atoms with Gasteiger partial charge >= 0.3 is 0 Å². The van der Waals surface area contributed by atoms with E-state index < -0.39 is 0 Å². The molecule has 0 unspecified atom stereocenters. The Balaban J connectivity index is 1.70. The third-order valence-electron chi connectivity index (χ3n) is 3.20. The van der Waals surface area contributed by atoms with E-state index in [1.165, 1.54) is 11.8 Å². The molecule has 3 rings (SSSR count). The fourth-order valence-electron chi connectivity index (χ4n) is 2.10. The molecule has 9 heteroatoms. The van der Waals surface area contributed by atoms with Gasteiger partial charge in [0.25, 0.3) is 5.22 Å². The van der Waals surface area contributed by atoms with E-state index in [1.54, 1.807) is 13.2 Å². The quantitative estimate of drug-likeness (QED) is 0.319. The number of halogens is 3. The molecule has 0 aliphatic carbocycles. The van der Waals surface area contributed by atoms with Crippen molar-refractivity contribution in [1.29, 1.82) is 0 Å². The van der Waals surface area contributed by atoms with Gasteiger partial charge in [0, 0.05) is 8.95 Å². The molecule has 0 atom stereocenters. The highest BCUT2D eigenvalue weighted by atomic mass is 79.9. The molecule has 130 valence electrons. The number of aromatic nitrogens is 1. The van der Waals surface area contributed by atoms with Gasteiger partial charge in [0.15, 0.2) is 11.3 Å². The van der Waals surface area contributed by atoms with Gasteiger partial charge in [0.2, 0.25) is 5.91 Å². The second-order valence-electron chi connectivity index (χ2n) is 4.85. The maximum Gasteiger partial charge on any atom is 0.257 e. The molecular formula is C16H11Br3N2O3S. The lowest BCUT2D eigenvalue weighted by atomic mass is 10.3. The van der Waals surface area contributed by atoms with Gasteiger partial charge in [-0.1, -0.05) is 23.9 Å². The SMILES string of the molecule is COc1c(NC(=O)CSc2nc3ccccc3o2)cc(Br)c(Br)c1Br. The molecule has 1 heterocycles. The fourth-order valence-corrected chi connectivity index (χ4v) is 4.31. The Morgan fingerprint density at radius 1 is 1.28 bits per heavy atom. The summed E-state index contributed by atoms with van der Waals surface area (Å²) in [5, 5.41) is 3.30. The predicted molar refractivity (Wildman–Crippen MR) is 109 cm³/mol. The third-order valence-corrected chi connectivity index (χ3v) is 7.29. The van der Waals surface area contributed by atoms with E-state index in [0.29, 0.717) is 26.7 Å². The average Bonchev–Trinajstić information content (AvgIpc) is 3.01. The average molecular weight is 551 g/mol. The number of fused-ring (bicyclic) bond motifs is 1. The van der Waals surface area contributed by atoms with Crippen LogP contribution in [0.3, 0.4) is 0 Å². The summed E-state index contributed by atoms with van der Waals surface area (Å²) in [6, 6.07) is 9.25. The van der Waals surface area contributed by atoms with Crippen LogP contribution in [-0.4, -0.2) is 23.8 Å². The van der Waals surface area contributed by atoms with Gasteiger partial charge in [-0.2, -0.15) is 0 Å². The number of oxazole rings is 1. The number of hydrogen-bond donors (Lipinski definition) is 1. The van der Waals surface area contributed by atoms with Crippen molar-refractivity contribution in [3.8, 4) is 5.75 Å². The van der Waals surface area contributed by atoms with Crippen molar-refractivity contribution in [2.24, 2.45) is 0 Å². The maximum absolute atomic E-state index is 12.3. The topological polar surface area (TPSA) is 64.4 Å². The number of ether oxygens (including phenoxy) is 1. The lowest BCUT2D eigenvalue weighted by molar-refractivity contribution is -0.113.